The third-order valence-corrected chi connectivity index (χ3v) is 2.21. The predicted molar refractivity (Wildman–Crippen MR) is 57.5 cm³/mol. The van der Waals surface area contributed by atoms with Crippen molar-refractivity contribution in [3.63, 3.8) is 0 Å². The molecule has 0 aromatic carbocycles. The second-order valence-electron chi connectivity index (χ2n) is 3.14. The molecular weight excluding hydrogens is 251 g/mol. The zero-order valence-electron chi connectivity index (χ0n) is 8.31. The Bertz CT molecular complexity index is 542. The number of thiol groups is 1. The van der Waals surface area contributed by atoms with Crippen LogP contribution in [0.25, 0.3) is 11.4 Å². The lowest BCUT2D eigenvalue weighted by Gasteiger charge is -2.10. The monoisotopic (exact) mass is 257 g/mol. The fraction of sp³-hybridized carbons (Fsp3) is 0.100. The van der Waals surface area contributed by atoms with Crippen molar-refractivity contribution in [3.8, 4) is 11.4 Å². The highest BCUT2D eigenvalue weighted by atomic mass is 32.1. The van der Waals surface area contributed by atoms with Crippen LogP contribution in [0.15, 0.2) is 35.7 Å². The minimum absolute atomic E-state index is 0.0953. The van der Waals surface area contributed by atoms with Gasteiger partial charge in [-0.3, -0.25) is 4.98 Å². The van der Waals surface area contributed by atoms with Gasteiger partial charge < -0.3 is 0 Å². The van der Waals surface area contributed by atoms with Gasteiger partial charge in [0, 0.05) is 12.4 Å². The standard InChI is InChI=1S/C10H6F3N3S/c11-10(12,13)6-2-1-4-14-8(6)7-3-5-15-9(17)16-7/h1-5H,(H,15,16,17). The van der Waals surface area contributed by atoms with Crippen LogP contribution in [0, 0.1) is 0 Å². The molecule has 2 rings (SSSR count). The highest BCUT2D eigenvalue weighted by Crippen LogP contribution is 2.34. The predicted octanol–water partition coefficient (Wildman–Crippen LogP) is 2.85. The van der Waals surface area contributed by atoms with Crippen molar-refractivity contribution in [2.45, 2.75) is 11.3 Å². The number of hydrogen-bond acceptors (Lipinski definition) is 4. The van der Waals surface area contributed by atoms with Gasteiger partial charge in [-0.1, -0.05) is 0 Å². The van der Waals surface area contributed by atoms with Crippen LogP contribution >= 0.6 is 12.6 Å². The first-order valence-corrected chi connectivity index (χ1v) is 4.98. The molecule has 0 saturated heterocycles. The molecule has 0 amide bonds. The summed E-state index contributed by atoms with van der Waals surface area (Å²) in [4.78, 5) is 11.2. The highest BCUT2D eigenvalue weighted by molar-refractivity contribution is 7.80. The average Bonchev–Trinajstić information content (AvgIpc) is 2.28. The molecule has 0 atom stereocenters. The molecule has 7 heteroatoms. The van der Waals surface area contributed by atoms with E-state index in [2.05, 4.69) is 27.6 Å². The zero-order valence-corrected chi connectivity index (χ0v) is 9.20. The van der Waals surface area contributed by atoms with Gasteiger partial charge in [0.2, 0.25) is 0 Å². The summed E-state index contributed by atoms with van der Waals surface area (Å²) in [6.07, 6.45) is -1.85. The Labute approximate surface area is 100 Å². The van der Waals surface area contributed by atoms with Crippen LogP contribution in [0.4, 0.5) is 13.2 Å². The lowest BCUT2D eigenvalue weighted by atomic mass is 10.1. The van der Waals surface area contributed by atoms with E-state index >= 15 is 0 Å². The molecule has 0 aliphatic rings. The molecule has 0 N–H and O–H groups in total. The molecule has 88 valence electrons. The van der Waals surface area contributed by atoms with Crippen molar-refractivity contribution in [3.05, 3.63) is 36.2 Å². The molecule has 3 nitrogen and oxygen atoms in total. The van der Waals surface area contributed by atoms with Crippen molar-refractivity contribution >= 4 is 12.6 Å². The molecule has 0 bridgehead atoms. The van der Waals surface area contributed by atoms with Gasteiger partial charge in [0.1, 0.15) is 5.69 Å². The van der Waals surface area contributed by atoms with E-state index in [1.54, 1.807) is 0 Å². The Morgan fingerprint density at radius 3 is 2.47 bits per heavy atom. The van der Waals surface area contributed by atoms with Crippen LogP contribution in [0.5, 0.6) is 0 Å². The minimum Gasteiger partial charge on any atom is -0.254 e. The summed E-state index contributed by atoms with van der Waals surface area (Å²) in [5.74, 6) is 0. The van der Waals surface area contributed by atoms with Gasteiger partial charge in [0.05, 0.1) is 11.3 Å². The fourth-order valence-electron chi connectivity index (χ4n) is 1.32. The first-order chi connectivity index (χ1) is 7.98. The lowest BCUT2D eigenvalue weighted by molar-refractivity contribution is -0.137. The van der Waals surface area contributed by atoms with Crippen LogP contribution in [-0.2, 0) is 6.18 Å². The molecule has 17 heavy (non-hydrogen) atoms. The number of hydrogen-bond donors (Lipinski definition) is 1. The summed E-state index contributed by atoms with van der Waals surface area (Å²) in [7, 11) is 0. The van der Waals surface area contributed by atoms with E-state index in [-0.39, 0.29) is 16.5 Å². The van der Waals surface area contributed by atoms with Gasteiger partial charge in [-0.15, -0.1) is 12.6 Å². The number of aromatic nitrogens is 3. The minimum atomic E-state index is -4.47. The van der Waals surface area contributed by atoms with Crippen LogP contribution in [0.1, 0.15) is 5.56 Å². The van der Waals surface area contributed by atoms with Crippen LogP contribution in [0.2, 0.25) is 0 Å². The number of nitrogens with zero attached hydrogens (tertiary/aromatic N) is 3. The Kier molecular flexibility index (Phi) is 3.01. The Balaban J connectivity index is 2.60. The van der Waals surface area contributed by atoms with Crippen LogP contribution < -0.4 is 0 Å². The summed E-state index contributed by atoms with van der Waals surface area (Å²) in [6.45, 7) is 0. The van der Waals surface area contributed by atoms with Crippen molar-refractivity contribution < 1.29 is 13.2 Å². The van der Waals surface area contributed by atoms with Gasteiger partial charge in [-0.25, -0.2) is 9.97 Å². The Hall–Kier alpha value is -1.63. The molecule has 0 fully saturated rings. The van der Waals surface area contributed by atoms with E-state index in [0.29, 0.717) is 0 Å². The lowest BCUT2D eigenvalue weighted by Crippen LogP contribution is -2.08. The fourth-order valence-corrected chi connectivity index (χ4v) is 1.49. The second kappa shape index (κ2) is 4.33. The third-order valence-electron chi connectivity index (χ3n) is 2.00. The van der Waals surface area contributed by atoms with E-state index in [1.807, 2.05) is 0 Å². The van der Waals surface area contributed by atoms with Gasteiger partial charge in [-0.2, -0.15) is 13.2 Å². The number of alkyl halides is 3. The summed E-state index contributed by atoms with van der Waals surface area (Å²) >= 11 is 3.88. The number of pyridine rings is 1. The third kappa shape index (κ3) is 2.55. The average molecular weight is 257 g/mol. The van der Waals surface area contributed by atoms with Crippen molar-refractivity contribution in [1.29, 1.82) is 0 Å². The quantitative estimate of drug-likeness (QED) is 0.630. The molecule has 2 aromatic heterocycles. The second-order valence-corrected chi connectivity index (χ2v) is 3.54. The topological polar surface area (TPSA) is 38.7 Å². The van der Waals surface area contributed by atoms with E-state index in [0.717, 1.165) is 6.07 Å². The molecule has 2 heterocycles. The largest absolute Gasteiger partial charge is 0.418 e. The van der Waals surface area contributed by atoms with E-state index in [4.69, 9.17) is 0 Å². The normalized spacial score (nSPS) is 11.5. The van der Waals surface area contributed by atoms with Crippen molar-refractivity contribution in [1.82, 2.24) is 15.0 Å². The molecule has 0 saturated carbocycles. The number of rotatable bonds is 1. The van der Waals surface area contributed by atoms with E-state index < -0.39 is 11.7 Å². The molecule has 0 unspecified atom stereocenters. The Morgan fingerprint density at radius 1 is 1.06 bits per heavy atom. The zero-order chi connectivity index (χ0) is 12.5. The highest BCUT2D eigenvalue weighted by Gasteiger charge is 2.34. The summed E-state index contributed by atoms with van der Waals surface area (Å²) in [5, 5.41) is 0.0984. The SMILES string of the molecule is FC(F)(F)c1cccnc1-c1ccnc(S)n1. The van der Waals surface area contributed by atoms with Gasteiger partial charge in [-0.05, 0) is 18.2 Å². The van der Waals surface area contributed by atoms with Crippen molar-refractivity contribution in [2.24, 2.45) is 0 Å². The molecule has 0 radical (unpaired) electrons. The molecule has 0 spiro atoms. The maximum absolute atomic E-state index is 12.7. The summed E-state index contributed by atoms with van der Waals surface area (Å²) in [6, 6.07) is 3.55. The first kappa shape index (κ1) is 11.8. The van der Waals surface area contributed by atoms with E-state index in [9.17, 15) is 13.2 Å². The summed E-state index contributed by atoms with van der Waals surface area (Å²) < 4.78 is 38.2. The van der Waals surface area contributed by atoms with E-state index in [1.165, 1.54) is 24.5 Å². The maximum atomic E-state index is 12.7. The van der Waals surface area contributed by atoms with Crippen molar-refractivity contribution in [2.75, 3.05) is 0 Å². The van der Waals surface area contributed by atoms with Gasteiger partial charge in [0.15, 0.2) is 5.16 Å². The van der Waals surface area contributed by atoms with Gasteiger partial charge >= 0.3 is 6.18 Å². The first-order valence-electron chi connectivity index (χ1n) is 4.53. The maximum Gasteiger partial charge on any atom is 0.418 e. The molecule has 0 aliphatic carbocycles. The summed E-state index contributed by atoms with van der Waals surface area (Å²) in [5.41, 5.74) is -0.956. The van der Waals surface area contributed by atoms with Crippen LogP contribution in [-0.4, -0.2) is 15.0 Å². The smallest absolute Gasteiger partial charge is 0.254 e. The Morgan fingerprint density at radius 2 is 1.82 bits per heavy atom. The molecular formula is C10H6F3N3S. The van der Waals surface area contributed by atoms with Crippen LogP contribution in [0.3, 0.4) is 0 Å². The van der Waals surface area contributed by atoms with Gasteiger partial charge in [0.25, 0.3) is 0 Å². The number of halogens is 3. The molecule has 0 aliphatic heterocycles. The molecule has 2 aromatic rings.